The molecule has 0 radical (unpaired) electrons. The Balaban J connectivity index is 1.80. The predicted molar refractivity (Wildman–Crippen MR) is 90.5 cm³/mol. The summed E-state index contributed by atoms with van der Waals surface area (Å²) in [6.45, 7) is 3.55. The number of urea groups is 2. The number of carbonyl (C=O) groups excluding carboxylic acids is 6. The summed E-state index contributed by atoms with van der Waals surface area (Å²) in [7, 11) is 0. The van der Waals surface area contributed by atoms with Gasteiger partial charge in [0.1, 0.15) is 0 Å². The maximum Gasteiger partial charge on any atom is 0.331 e. The first-order valence-corrected chi connectivity index (χ1v) is 8.48. The van der Waals surface area contributed by atoms with Crippen molar-refractivity contribution in [1.82, 2.24) is 20.4 Å². The number of amides is 6. The smallest absolute Gasteiger partial charge is 0.331 e. The lowest BCUT2D eigenvalue weighted by atomic mass is 10.3. The van der Waals surface area contributed by atoms with Crippen molar-refractivity contribution >= 4 is 35.8 Å². The summed E-state index contributed by atoms with van der Waals surface area (Å²) in [5, 5.41) is 4.89. The zero-order valence-electron chi connectivity index (χ0n) is 15.3. The van der Waals surface area contributed by atoms with Gasteiger partial charge in [0.05, 0.1) is 0 Å². The molecule has 2 atom stereocenters. The van der Waals surface area contributed by atoms with Crippen LogP contribution in [0.5, 0.6) is 0 Å². The molecule has 28 heavy (non-hydrogen) atoms. The molecule has 2 fully saturated rings. The molecule has 2 saturated heterocycles. The Bertz CT molecular complexity index is 674. The Kier molecular flexibility index (Phi) is 6.69. The molecule has 0 aromatic heterocycles. The lowest BCUT2D eigenvalue weighted by molar-refractivity contribution is -0.154. The highest BCUT2D eigenvalue weighted by atomic mass is 16.6. The zero-order chi connectivity index (χ0) is 20.8. The molecule has 2 aliphatic rings. The van der Waals surface area contributed by atoms with Crippen LogP contribution in [0, 0.1) is 0 Å². The van der Waals surface area contributed by atoms with Gasteiger partial charge in [-0.05, 0) is 13.8 Å². The first-order chi connectivity index (χ1) is 13.2. The predicted octanol–water partition coefficient (Wildman–Crippen LogP) is -1.49. The Hall–Kier alpha value is -3.44. The van der Waals surface area contributed by atoms with Gasteiger partial charge in [-0.1, -0.05) is 0 Å². The third kappa shape index (κ3) is 5.05. The highest BCUT2D eigenvalue weighted by Gasteiger charge is 2.32. The van der Waals surface area contributed by atoms with Crippen LogP contribution in [0.4, 0.5) is 9.59 Å². The maximum atomic E-state index is 12.0. The van der Waals surface area contributed by atoms with Gasteiger partial charge in [-0.2, -0.15) is 0 Å². The molecule has 0 aromatic carbocycles. The van der Waals surface area contributed by atoms with E-state index < -0.39 is 48.0 Å². The molecule has 152 valence electrons. The van der Waals surface area contributed by atoms with E-state index in [0.29, 0.717) is 13.1 Å². The maximum absolute atomic E-state index is 12.0. The second-order valence-corrected chi connectivity index (χ2v) is 5.94. The number of hydrogen-bond acceptors (Lipinski definition) is 8. The van der Waals surface area contributed by atoms with Gasteiger partial charge in [-0.25, -0.2) is 19.2 Å². The summed E-state index contributed by atoms with van der Waals surface area (Å²) < 4.78 is 9.68. The number of carbonyl (C=O) groups is 6. The molecular formula is C16H20N4O8. The summed E-state index contributed by atoms with van der Waals surface area (Å²) in [4.78, 5) is 72.1. The van der Waals surface area contributed by atoms with Crippen molar-refractivity contribution in [2.24, 2.45) is 0 Å². The van der Waals surface area contributed by atoms with E-state index in [0.717, 1.165) is 22.0 Å². The van der Waals surface area contributed by atoms with Crippen LogP contribution in [-0.4, -0.2) is 84.0 Å². The number of imide groups is 2. The summed E-state index contributed by atoms with van der Waals surface area (Å²) in [5.41, 5.74) is 0. The van der Waals surface area contributed by atoms with Crippen LogP contribution in [0.15, 0.2) is 12.2 Å². The molecule has 0 bridgehead atoms. The normalized spacial score (nSPS) is 18.5. The van der Waals surface area contributed by atoms with E-state index in [1.807, 2.05) is 0 Å². The van der Waals surface area contributed by atoms with Gasteiger partial charge in [-0.15, -0.1) is 0 Å². The van der Waals surface area contributed by atoms with Crippen molar-refractivity contribution in [1.29, 1.82) is 0 Å². The van der Waals surface area contributed by atoms with E-state index in [-0.39, 0.29) is 13.1 Å². The van der Waals surface area contributed by atoms with Crippen molar-refractivity contribution in [2.45, 2.75) is 26.1 Å². The fourth-order valence-electron chi connectivity index (χ4n) is 2.47. The average Bonchev–Trinajstić information content (AvgIpc) is 3.26. The second kappa shape index (κ2) is 8.97. The lowest BCUT2D eigenvalue weighted by Crippen LogP contribution is -2.42. The van der Waals surface area contributed by atoms with Gasteiger partial charge >= 0.3 is 24.0 Å². The standard InChI is InChI=1S/C16H20N4O8/c1-9(13(23)19-7-5-17-15(19)25)27-11(21)3-4-12(22)28-10(2)14(24)20-8-6-18-16(20)26/h3-4,9-10H,5-8H2,1-2H3,(H,17,25)(H,18,26). The topological polar surface area (TPSA) is 151 Å². The lowest BCUT2D eigenvalue weighted by Gasteiger charge is -2.17. The molecule has 12 nitrogen and oxygen atoms in total. The Labute approximate surface area is 159 Å². The van der Waals surface area contributed by atoms with E-state index in [2.05, 4.69) is 10.6 Å². The highest BCUT2D eigenvalue weighted by molar-refractivity contribution is 6.00. The zero-order valence-corrected chi connectivity index (χ0v) is 15.3. The third-order valence-electron chi connectivity index (χ3n) is 3.88. The molecule has 2 heterocycles. The van der Waals surface area contributed by atoms with Crippen molar-refractivity contribution in [2.75, 3.05) is 26.2 Å². The molecule has 12 heteroatoms. The Morgan fingerprint density at radius 1 is 0.821 bits per heavy atom. The molecule has 0 aliphatic carbocycles. The van der Waals surface area contributed by atoms with Crippen LogP contribution in [0.2, 0.25) is 0 Å². The minimum atomic E-state index is -1.23. The largest absolute Gasteiger partial charge is 0.449 e. The monoisotopic (exact) mass is 396 g/mol. The fraction of sp³-hybridized carbons (Fsp3) is 0.500. The number of esters is 2. The van der Waals surface area contributed by atoms with Crippen LogP contribution in [0.25, 0.3) is 0 Å². The van der Waals surface area contributed by atoms with Crippen LogP contribution >= 0.6 is 0 Å². The Morgan fingerprint density at radius 3 is 1.46 bits per heavy atom. The van der Waals surface area contributed by atoms with Gasteiger partial charge < -0.3 is 20.1 Å². The molecule has 0 saturated carbocycles. The number of hydrogen-bond donors (Lipinski definition) is 2. The van der Waals surface area contributed by atoms with Crippen molar-refractivity contribution in [3.63, 3.8) is 0 Å². The number of nitrogens with zero attached hydrogens (tertiary/aromatic N) is 2. The van der Waals surface area contributed by atoms with Gasteiger partial charge in [0.2, 0.25) is 0 Å². The molecule has 0 aromatic rings. The van der Waals surface area contributed by atoms with E-state index in [1.54, 1.807) is 0 Å². The molecule has 2 N–H and O–H groups in total. The molecular weight excluding hydrogens is 376 g/mol. The van der Waals surface area contributed by atoms with Gasteiger partial charge in [0.15, 0.2) is 12.2 Å². The molecule has 0 spiro atoms. The SMILES string of the molecule is CC(OC(=O)C=CC(=O)OC(C)C(=O)N1CCNC1=O)C(=O)N1CCNC1=O. The summed E-state index contributed by atoms with van der Waals surface area (Å²) >= 11 is 0. The first-order valence-electron chi connectivity index (χ1n) is 8.48. The first kappa shape index (κ1) is 20.9. The third-order valence-corrected chi connectivity index (χ3v) is 3.88. The Morgan fingerprint density at radius 2 is 1.18 bits per heavy atom. The van der Waals surface area contributed by atoms with E-state index >= 15 is 0 Å². The van der Waals surface area contributed by atoms with Gasteiger partial charge in [0, 0.05) is 38.3 Å². The quantitative estimate of drug-likeness (QED) is 0.407. The molecule has 2 rings (SSSR count). The summed E-state index contributed by atoms with van der Waals surface area (Å²) in [6.07, 6.45) is -0.997. The van der Waals surface area contributed by atoms with E-state index in [4.69, 9.17) is 9.47 Å². The summed E-state index contributed by atoms with van der Waals surface area (Å²) in [5.74, 6) is -3.39. The molecule has 6 amide bonds. The molecule has 2 aliphatic heterocycles. The van der Waals surface area contributed by atoms with Gasteiger partial charge in [0.25, 0.3) is 11.8 Å². The fourth-order valence-corrected chi connectivity index (χ4v) is 2.47. The average molecular weight is 396 g/mol. The van der Waals surface area contributed by atoms with E-state index in [1.165, 1.54) is 13.8 Å². The number of nitrogens with one attached hydrogen (secondary N) is 2. The van der Waals surface area contributed by atoms with E-state index in [9.17, 15) is 28.8 Å². The minimum absolute atomic E-state index is 0.169. The number of rotatable bonds is 6. The van der Waals surface area contributed by atoms with Crippen LogP contribution in [0.3, 0.4) is 0 Å². The van der Waals surface area contributed by atoms with Crippen LogP contribution in [-0.2, 0) is 28.7 Å². The minimum Gasteiger partial charge on any atom is -0.449 e. The van der Waals surface area contributed by atoms with Gasteiger partial charge in [-0.3, -0.25) is 19.4 Å². The van der Waals surface area contributed by atoms with Crippen molar-refractivity contribution in [3.8, 4) is 0 Å². The molecule has 2 unspecified atom stereocenters. The van der Waals surface area contributed by atoms with Crippen molar-refractivity contribution in [3.05, 3.63) is 12.2 Å². The highest BCUT2D eigenvalue weighted by Crippen LogP contribution is 2.06. The van der Waals surface area contributed by atoms with Crippen LogP contribution in [0.1, 0.15) is 13.8 Å². The summed E-state index contributed by atoms with van der Waals surface area (Å²) in [6, 6.07) is -1.14. The van der Waals surface area contributed by atoms with Crippen molar-refractivity contribution < 1.29 is 38.2 Å². The van der Waals surface area contributed by atoms with Crippen LogP contribution < -0.4 is 10.6 Å². The second-order valence-electron chi connectivity index (χ2n) is 5.94. The number of ether oxygens (including phenoxy) is 2.